The quantitative estimate of drug-likeness (QED) is 0.276. The number of anilines is 2. The van der Waals surface area contributed by atoms with Gasteiger partial charge in [0.2, 0.25) is 11.7 Å². The highest BCUT2D eigenvalue weighted by Crippen LogP contribution is 2.37. The number of phenolic OH excluding ortho intramolecular Hbond substituents is 1. The Morgan fingerprint density at radius 1 is 1.18 bits per heavy atom. The molecule has 16 heteroatoms. The normalized spacial score (nSPS) is 17.3. The molecule has 234 valence electrons. The first-order chi connectivity index (χ1) is 20.7. The second-order valence-corrected chi connectivity index (χ2v) is 11.4. The van der Waals surface area contributed by atoms with Crippen LogP contribution >= 0.6 is 23.2 Å². The molecular formula is C28H28Cl2F3N7O4. The molecule has 0 unspecified atom stereocenters. The predicted octanol–water partition coefficient (Wildman–Crippen LogP) is 4.54. The summed E-state index contributed by atoms with van der Waals surface area (Å²) in [6.45, 7) is 4.38. The summed E-state index contributed by atoms with van der Waals surface area (Å²) in [6, 6.07) is 4.41. The van der Waals surface area contributed by atoms with Gasteiger partial charge in [0.15, 0.2) is 0 Å². The van der Waals surface area contributed by atoms with Crippen LogP contribution in [0.3, 0.4) is 0 Å². The minimum Gasteiger partial charge on any atom is -0.506 e. The van der Waals surface area contributed by atoms with E-state index in [1.165, 1.54) is 24.5 Å². The number of phenols is 1. The summed E-state index contributed by atoms with van der Waals surface area (Å²) in [5, 5.41) is 12.8. The fraction of sp³-hybridized carbons (Fsp3) is 0.357. The Morgan fingerprint density at radius 2 is 1.86 bits per heavy atom. The number of hydrogen-bond acceptors (Lipinski definition) is 8. The topological polar surface area (TPSA) is 141 Å². The van der Waals surface area contributed by atoms with Gasteiger partial charge >= 0.3 is 6.18 Å². The number of morpholine rings is 1. The third-order valence-electron chi connectivity index (χ3n) is 7.20. The minimum absolute atomic E-state index is 0.0447. The van der Waals surface area contributed by atoms with E-state index >= 15 is 0 Å². The monoisotopic (exact) mass is 653 g/mol. The van der Waals surface area contributed by atoms with Gasteiger partial charge in [-0.2, -0.15) is 13.2 Å². The summed E-state index contributed by atoms with van der Waals surface area (Å²) < 4.78 is 48.8. The van der Waals surface area contributed by atoms with Crippen molar-refractivity contribution in [1.29, 1.82) is 0 Å². The lowest BCUT2D eigenvalue weighted by Crippen LogP contribution is -2.45. The Bertz CT molecular complexity index is 1820. The number of rotatable bonds is 6. The first-order valence-electron chi connectivity index (χ1n) is 13.4. The molecule has 5 rings (SSSR count). The summed E-state index contributed by atoms with van der Waals surface area (Å²) >= 11 is 12.5. The van der Waals surface area contributed by atoms with Gasteiger partial charge in [-0.15, -0.1) is 0 Å². The summed E-state index contributed by atoms with van der Waals surface area (Å²) in [6.07, 6.45) is -2.32. The Kier molecular flexibility index (Phi) is 8.55. The lowest BCUT2D eigenvalue weighted by Gasteiger charge is -2.36. The molecule has 44 heavy (non-hydrogen) atoms. The van der Waals surface area contributed by atoms with E-state index in [1.54, 1.807) is 6.07 Å². The van der Waals surface area contributed by atoms with Crippen molar-refractivity contribution in [3.05, 3.63) is 62.4 Å². The van der Waals surface area contributed by atoms with E-state index in [4.69, 9.17) is 33.7 Å². The van der Waals surface area contributed by atoms with Gasteiger partial charge in [0.25, 0.3) is 5.56 Å². The van der Waals surface area contributed by atoms with Crippen LogP contribution in [0.1, 0.15) is 25.2 Å². The Morgan fingerprint density at radius 3 is 2.50 bits per heavy atom. The van der Waals surface area contributed by atoms with Crippen LogP contribution in [-0.4, -0.2) is 55.4 Å². The van der Waals surface area contributed by atoms with Gasteiger partial charge in [0, 0.05) is 50.1 Å². The molecule has 1 aliphatic rings. The van der Waals surface area contributed by atoms with E-state index in [2.05, 4.69) is 15.3 Å². The van der Waals surface area contributed by atoms with Gasteiger partial charge in [-0.25, -0.2) is 9.97 Å². The van der Waals surface area contributed by atoms with E-state index in [1.807, 2.05) is 18.7 Å². The molecule has 1 aromatic carbocycles. The van der Waals surface area contributed by atoms with Crippen molar-refractivity contribution < 1.29 is 27.8 Å². The number of alkyl halides is 3. The molecule has 0 saturated carbocycles. The van der Waals surface area contributed by atoms with Gasteiger partial charge in [-0.05, 0) is 31.5 Å². The predicted molar refractivity (Wildman–Crippen MR) is 160 cm³/mol. The molecule has 1 aliphatic heterocycles. The molecule has 4 heterocycles. The maximum atomic E-state index is 13.8. The Balaban J connectivity index is 1.56. The van der Waals surface area contributed by atoms with Crippen molar-refractivity contribution in [2.45, 2.75) is 45.3 Å². The number of nitrogens with two attached hydrogens (primary N) is 1. The van der Waals surface area contributed by atoms with Crippen LogP contribution in [0.2, 0.25) is 10.0 Å². The Hall–Kier alpha value is -3.85. The van der Waals surface area contributed by atoms with Crippen LogP contribution in [0.25, 0.3) is 22.2 Å². The number of hydrogen-bond donors (Lipinski definition) is 3. The van der Waals surface area contributed by atoms with Gasteiger partial charge in [0.1, 0.15) is 23.8 Å². The number of ether oxygens (including phenoxy) is 1. The molecule has 0 aliphatic carbocycles. The maximum absolute atomic E-state index is 13.8. The highest BCUT2D eigenvalue weighted by Gasteiger charge is 2.37. The maximum Gasteiger partial charge on any atom is 0.449 e. The van der Waals surface area contributed by atoms with E-state index in [9.17, 15) is 27.9 Å². The van der Waals surface area contributed by atoms with E-state index in [0.29, 0.717) is 23.5 Å². The summed E-state index contributed by atoms with van der Waals surface area (Å²) in [5.41, 5.74) is 5.27. The number of aromatic nitrogens is 4. The second-order valence-electron chi connectivity index (χ2n) is 10.6. The zero-order valence-electron chi connectivity index (χ0n) is 23.7. The summed E-state index contributed by atoms with van der Waals surface area (Å²) in [4.78, 5) is 36.8. The minimum atomic E-state index is -4.95. The third-order valence-corrected chi connectivity index (χ3v) is 7.79. The van der Waals surface area contributed by atoms with E-state index in [0.717, 1.165) is 11.6 Å². The van der Waals surface area contributed by atoms with Crippen LogP contribution in [0, 0.1) is 0 Å². The van der Waals surface area contributed by atoms with Crippen molar-refractivity contribution in [1.82, 2.24) is 19.1 Å². The number of carbonyl (C=O) groups is 1. The highest BCUT2D eigenvalue weighted by molar-refractivity contribution is 6.33. The summed E-state index contributed by atoms with van der Waals surface area (Å²) in [7, 11) is 0.958. The molecule has 0 spiro atoms. The number of aromatic hydroxyl groups is 1. The van der Waals surface area contributed by atoms with Crippen LogP contribution < -0.4 is 21.5 Å². The standard InChI is InChI=1S/C28H28Cl2F3N7O4/c1-13-9-39(10-14(2)44-13)21-6-20(19(30)8-35-21)36-22(41)12-40-11-17(15-4-16(7-34)24(42)18(29)5-15)23-25(40)37-27(28(31,32)33)38(3)26(23)43/h4-6,8,11,13-14,42H,7,9-10,12,34H2,1-3H3,(H,35,36,41)/t13-,14+. The first kappa shape index (κ1) is 31.6. The van der Waals surface area contributed by atoms with Crippen molar-refractivity contribution in [3.63, 3.8) is 0 Å². The average molecular weight is 654 g/mol. The third kappa shape index (κ3) is 6.07. The average Bonchev–Trinajstić information content (AvgIpc) is 3.30. The van der Waals surface area contributed by atoms with Crippen LogP contribution in [-0.2, 0) is 35.8 Å². The van der Waals surface area contributed by atoms with Crippen molar-refractivity contribution in [2.24, 2.45) is 12.8 Å². The number of fused-ring (bicyclic) bond motifs is 1. The number of pyridine rings is 1. The lowest BCUT2D eigenvalue weighted by atomic mass is 10.0. The van der Waals surface area contributed by atoms with Gasteiger partial charge in [0.05, 0.1) is 39.5 Å². The fourth-order valence-electron chi connectivity index (χ4n) is 5.28. The molecule has 3 aromatic heterocycles. The van der Waals surface area contributed by atoms with E-state index < -0.39 is 30.0 Å². The van der Waals surface area contributed by atoms with Crippen molar-refractivity contribution in [2.75, 3.05) is 23.3 Å². The summed E-state index contributed by atoms with van der Waals surface area (Å²) in [5.74, 6) is -1.80. The van der Waals surface area contributed by atoms with Crippen LogP contribution in [0.15, 0.2) is 35.4 Å². The highest BCUT2D eigenvalue weighted by atomic mass is 35.5. The zero-order chi connectivity index (χ0) is 32.1. The number of amides is 1. The van der Waals surface area contributed by atoms with Crippen LogP contribution in [0.5, 0.6) is 5.75 Å². The lowest BCUT2D eigenvalue weighted by molar-refractivity contribution is -0.147. The van der Waals surface area contributed by atoms with Gasteiger partial charge in [-0.3, -0.25) is 14.2 Å². The van der Waals surface area contributed by atoms with Gasteiger partial charge < -0.3 is 30.4 Å². The van der Waals surface area contributed by atoms with E-state index in [-0.39, 0.29) is 68.0 Å². The number of carbonyl (C=O) groups excluding carboxylic acids is 1. The number of benzene rings is 1. The molecule has 1 saturated heterocycles. The van der Waals surface area contributed by atoms with Crippen LogP contribution in [0.4, 0.5) is 24.7 Å². The Labute approximate surface area is 259 Å². The van der Waals surface area contributed by atoms with Crippen molar-refractivity contribution >= 4 is 51.6 Å². The molecule has 0 radical (unpaired) electrons. The molecule has 4 aromatic rings. The molecule has 11 nitrogen and oxygen atoms in total. The SMILES string of the molecule is C[C@@H]1CN(c2cc(NC(=O)Cn3cc(-c4cc(Cl)c(O)c(CN)c4)c4c(=O)n(C)c(C(F)(F)F)nc43)c(Cl)cn2)C[C@H](C)O1. The molecule has 1 fully saturated rings. The van der Waals surface area contributed by atoms with Gasteiger partial charge in [-0.1, -0.05) is 23.2 Å². The largest absolute Gasteiger partial charge is 0.506 e. The molecule has 2 atom stereocenters. The molecular weight excluding hydrogens is 626 g/mol. The first-order valence-corrected chi connectivity index (χ1v) is 14.2. The number of nitrogens with one attached hydrogen (secondary N) is 1. The zero-order valence-corrected chi connectivity index (χ0v) is 25.3. The molecule has 0 bridgehead atoms. The number of halogens is 5. The second kappa shape index (κ2) is 11.9. The van der Waals surface area contributed by atoms with Crippen molar-refractivity contribution in [3.8, 4) is 16.9 Å². The molecule has 4 N–H and O–H groups in total. The smallest absolute Gasteiger partial charge is 0.449 e. The fourth-order valence-corrected chi connectivity index (χ4v) is 5.67. The molecule has 1 amide bonds. The number of nitrogens with zero attached hydrogens (tertiary/aromatic N) is 5.